The number of amides is 1. The highest BCUT2D eigenvalue weighted by Crippen LogP contribution is 2.38. The van der Waals surface area contributed by atoms with Gasteiger partial charge in [-0.1, -0.05) is 30.0 Å². The molecule has 0 aliphatic rings. The molecule has 0 radical (unpaired) electrons. The molecular formula is C24H20BrN5O7S2. The zero-order chi connectivity index (χ0) is 28.0. The average molecular weight is 634 g/mol. The van der Waals surface area contributed by atoms with Crippen molar-refractivity contribution < 1.29 is 27.1 Å². The minimum atomic E-state index is -4.43. The Labute approximate surface area is 235 Å². The number of carbonyl (C=O) groups excluding carboxylic acids is 1. The number of thioether (sulfide) groups is 1. The van der Waals surface area contributed by atoms with E-state index in [9.17, 15) is 23.3 Å². The number of non-ortho nitro benzene ring substituents is 1. The molecule has 0 bridgehead atoms. The molecule has 1 aromatic heterocycles. The molecule has 0 fully saturated rings. The number of benzene rings is 3. The zero-order valence-corrected chi connectivity index (χ0v) is 23.4. The molecule has 0 unspecified atom stereocenters. The lowest BCUT2D eigenvalue weighted by Crippen LogP contribution is -2.19. The van der Waals surface area contributed by atoms with E-state index in [0.717, 1.165) is 17.1 Å². The number of H-pyrrole nitrogens is 1. The third-order valence-corrected chi connectivity index (χ3v) is 7.63. The number of hydrazone groups is 1. The van der Waals surface area contributed by atoms with Crippen molar-refractivity contribution in [3.8, 4) is 11.5 Å². The first-order valence-corrected chi connectivity index (χ1v) is 14.4. The smallest absolute Gasteiger partial charge is 0.339 e. The minimum absolute atomic E-state index is 0.0767. The van der Waals surface area contributed by atoms with Crippen molar-refractivity contribution in [2.45, 2.75) is 17.0 Å². The van der Waals surface area contributed by atoms with Gasteiger partial charge in [0, 0.05) is 12.1 Å². The quantitative estimate of drug-likeness (QED) is 0.0786. The number of nitrogens with one attached hydrogen (secondary N) is 2. The normalized spacial score (nSPS) is 11.5. The highest BCUT2D eigenvalue weighted by molar-refractivity contribution is 9.10. The van der Waals surface area contributed by atoms with Crippen molar-refractivity contribution in [2.24, 2.45) is 5.10 Å². The number of nitro benzene ring substituents is 1. The number of halogens is 1. The number of imidazole rings is 1. The van der Waals surface area contributed by atoms with Gasteiger partial charge in [0.25, 0.3) is 11.6 Å². The molecule has 4 rings (SSSR count). The predicted octanol–water partition coefficient (Wildman–Crippen LogP) is 4.64. The highest BCUT2D eigenvalue weighted by atomic mass is 79.9. The number of fused-ring (bicyclic) bond motifs is 1. The highest BCUT2D eigenvalue weighted by Gasteiger charge is 2.24. The molecule has 3 aromatic carbocycles. The Kier molecular flexibility index (Phi) is 8.83. The fraction of sp³-hybridized carbons (Fsp3) is 0.125. The van der Waals surface area contributed by atoms with Crippen molar-refractivity contribution in [3.05, 3.63) is 80.8 Å². The molecule has 0 saturated carbocycles. The van der Waals surface area contributed by atoms with E-state index in [2.05, 4.69) is 36.4 Å². The number of para-hydroxylation sites is 2. The molecule has 1 heterocycles. The molecule has 202 valence electrons. The van der Waals surface area contributed by atoms with E-state index in [0.29, 0.717) is 10.7 Å². The molecule has 39 heavy (non-hydrogen) atoms. The third kappa shape index (κ3) is 7.13. The van der Waals surface area contributed by atoms with Crippen molar-refractivity contribution in [2.75, 3.05) is 12.4 Å². The Hall–Kier alpha value is -3.95. The maximum Gasteiger partial charge on any atom is 0.339 e. The first kappa shape index (κ1) is 28.1. The SMILES string of the molecule is CCOc1cc(/C=N\NC(=O)CSc2nc3ccccc3[nH]2)cc(Br)c1OS(=O)(=O)c1cccc([N+](=O)[O-])c1. The monoisotopic (exact) mass is 633 g/mol. The maximum absolute atomic E-state index is 12.8. The van der Waals surface area contributed by atoms with Gasteiger partial charge in [-0.3, -0.25) is 14.9 Å². The van der Waals surface area contributed by atoms with Gasteiger partial charge in [-0.15, -0.1) is 0 Å². The second-order valence-corrected chi connectivity index (χ2v) is 11.1. The van der Waals surface area contributed by atoms with Crippen molar-refractivity contribution in [1.29, 1.82) is 0 Å². The molecule has 0 spiro atoms. The average Bonchev–Trinajstić information content (AvgIpc) is 3.33. The van der Waals surface area contributed by atoms with E-state index in [1.165, 1.54) is 48.3 Å². The lowest BCUT2D eigenvalue weighted by atomic mass is 10.2. The summed E-state index contributed by atoms with van der Waals surface area (Å²) in [5.74, 6) is -0.349. The number of carbonyl (C=O) groups is 1. The van der Waals surface area contributed by atoms with Gasteiger partial charge in [0.1, 0.15) is 4.90 Å². The van der Waals surface area contributed by atoms with Crippen molar-refractivity contribution in [1.82, 2.24) is 15.4 Å². The molecule has 0 atom stereocenters. The fourth-order valence-corrected chi connectivity index (χ4v) is 5.58. The van der Waals surface area contributed by atoms with Gasteiger partial charge in [0.05, 0.1) is 39.0 Å². The second kappa shape index (κ2) is 12.3. The third-order valence-electron chi connectivity index (χ3n) is 4.95. The molecule has 4 aromatic rings. The zero-order valence-electron chi connectivity index (χ0n) is 20.2. The number of nitro groups is 1. The van der Waals surface area contributed by atoms with Crippen LogP contribution in [0.4, 0.5) is 5.69 Å². The Bertz CT molecular complexity index is 1640. The summed E-state index contributed by atoms with van der Waals surface area (Å²) in [6.07, 6.45) is 1.36. The van der Waals surface area contributed by atoms with Crippen LogP contribution >= 0.6 is 27.7 Å². The number of hydrogen-bond acceptors (Lipinski definition) is 10. The van der Waals surface area contributed by atoms with E-state index in [1.54, 1.807) is 6.92 Å². The van der Waals surface area contributed by atoms with Gasteiger partial charge < -0.3 is 13.9 Å². The first-order chi connectivity index (χ1) is 18.7. The Balaban J connectivity index is 1.44. The number of aromatic amines is 1. The van der Waals surface area contributed by atoms with Crippen LogP contribution in [-0.4, -0.2) is 47.8 Å². The molecule has 0 aliphatic carbocycles. The van der Waals surface area contributed by atoms with Gasteiger partial charge in [-0.25, -0.2) is 10.4 Å². The van der Waals surface area contributed by atoms with E-state index >= 15 is 0 Å². The summed E-state index contributed by atoms with van der Waals surface area (Å²) in [6.45, 7) is 1.89. The van der Waals surface area contributed by atoms with Crippen LogP contribution in [0.3, 0.4) is 0 Å². The Morgan fingerprint density at radius 1 is 1.23 bits per heavy atom. The molecule has 2 N–H and O–H groups in total. The van der Waals surface area contributed by atoms with Crippen molar-refractivity contribution >= 4 is 66.7 Å². The van der Waals surface area contributed by atoms with Gasteiger partial charge in [-0.05, 0) is 58.7 Å². The minimum Gasteiger partial charge on any atom is -0.490 e. The van der Waals surface area contributed by atoms with Crippen LogP contribution in [0, 0.1) is 10.1 Å². The van der Waals surface area contributed by atoms with Gasteiger partial charge in [0.2, 0.25) is 0 Å². The standard InChI is InChI=1S/C24H20BrN5O7S2/c1-2-36-21-11-15(13-26-29-22(31)14-38-24-27-19-8-3-4-9-20(19)28-24)10-18(25)23(21)37-39(34,35)17-7-5-6-16(12-17)30(32)33/h3-13H,2,14H2,1H3,(H,27,28)(H,29,31)/b26-13-. The Morgan fingerprint density at radius 2 is 2.03 bits per heavy atom. The summed E-state index contributed by atoms with van der Waals surface area (Å²) in [6, 6.07) is 15.0. The predicted molar refractivity (Wildman–Crippen MR) is 149 cm³/mol. The van der Waals surface area contributed by atoms with E-state index in [4.69, 9.17) is 8.92 Å². The van der Waals surface area contributed by atoms with Gasteiger partial charge in [-0.2, -0.15) is 13.5 Å². The summed E-state index contributed by atoms with van der Waals surface area (Å²) in [5.41, 5.74) is 4.18. The largest absolute Gasteiger partial charge is 0.490 e. The van der Waals surface area contributed by atoms with Gasteiger partial charge >= 0.3 is 10.1 Å². The Morgan fingerprint density at radius 3 is 2.77 bits per heavy atom. The van der Waals surface area contributed by atoms with Crippen LogP contribution in [0.5, 0.6) is 11.5 Å². The van der Waals surface area contributed by atoms with E-state index < -0.39 is 20.7 Å². The molecule has 0 saturated heterocycles. The number of ether oxygens (including phenoxy) is 1. The van der Waals surface area contributed by atoms with Crippen molar-refractivity contribution in [3.63, 3.8) is 0 Å². The summed E-state index contributed by atoms with van der Waals surface area (Å²) in [4.78, 5) is 29.7. The van der Waals surface area contributed by atoms with Crippen LogP contribution in [0.15, 0.2) is 80.3 Å². The topological polar surface area (TPSA) is 166 Å². The summed E-state index contributed by atoms with van der Waals surface area (Å²) in [5, 5.41) is 15.6. The maximum atomic E-state index is 12.8. The van der Waals surface area contributed by atoms with Crippen LogP contribution < -0.4 is 14.3 Å². The van der Waals surface area contributed by atoms with E-state index in [1.807, 2.05) is 24.3 Å². The lowest BCUT2D eigenvalue weighted by Gasteiger charge is -2.14. The van der Waals surface area contributed by atoms with E-state index in [-0.39, 0.29) is 39.1 Å². The van der Waals surface area contributed by atoms with Crippen LogP contribution in [-0.2, 0) is 14.9 Å². The fourth-order valence-electron chi connectivity index (χ4n) is 3.26. The number of hydrogen-bond donors (Lipinski definition) is 2. The molecule has 0 aliphatic heterocycles. The molecular weight excluding hydrogens is 614 g/mol. The number of nitrogens with zero attached hydrogens (tertiary/aromatic N) is 3. The molecule has 1 amide bonds. The van der Waals surface area contributed by atoms with Gasteiger partial charge in [0.15, 0.2) is 16.7 Å². The number of aromatic nitrogens is 2. The summed E-state index contributed by atoms with van der Waals surface area (Å²) < 4.78 is 36.7. The summed E-state index contributed by atoms with van der Waals surface area (Å²) in [7, 11) is -4.43. The second-order valence-electron chi connectivity index (χ2n) is 7.70. The lowest BCUT2D eigenvalue weighted by molar-refractivity contribution is -0.385. The number of rotatable bonds is 11. The van der Waals surface area contributed by atoms with Crippen LogP contribution in [0.1, 0.15) is 12.5 Å². The molecule has 15 heteroatoms. The van der Waals surface area contributed by atoms with Crippen LogP contribution in [0.2, 0.25) is 0 Å². The summed E-state index contributed by atoms with van der Waals surface area (Å²) >= 11 is 4.51. The van der Waals surface area contributed by atoms with Crippen LogP contribution in [0.25, 0.3) is 11.0 Å². The molecule has 12 nitrogen and oxygen atoms in total. The first-order valence-electron chi connectivity index (χ1n) is 11.2.